The monoisotopic (exact) mass is 318 g/mol. The van der Waals surface area contributed by atoms with E-state index in [1.807, 2.05) is 4.98 Å². The molecule has 0 saturated carbocycles. The highest BCUT2D eigenvalue weighted by Gasteiger charge is 2.32. The molecule has 0 spiro atoms. The molecule has 0 aliphatic heterocycles. The predicted molar refractivity (Wildman–Crippen MR) is 66.8 cm³/mol. The van der Waals surface area contributed by atoms with Crippen LogP contribution in [0.2, 0.25) is 0 Å². The quantitative estimate of drug-likeness (QED) is 0.655. The Hall–Kier alpha value is -2.29. The molecule has 21 heavy (non-hydrogen) atoms. The Labute approximate surface area is 120 Å². The average Bonchev–Trinajstić information content (AvgIpc) is 2.36. The Balaban J connectivity index is 2.65. The molecule has 1 heterocycles. The average molecular weight is 318 g/mol. The lowest BCUT2D eigenvalue weighted by Crippen LogP contribution is -2.09. The number of carboxylic acid groups (broad SMARTS) is 1. The second-order valence-electron chi connectivity index (χ2n) is 4.02. The van der Waals surface area contributed by atoms with E-state index in [1.54, 1.807) is 0 Å². The minimum Gasteiger partial charge on any atom is -0.478 e. The van der Waals surface area contributed by atoms with Crippen LogP contribution in [-0.4, -0.2) is 21.0 Å². The maximum Gasteiger partial charge on any atom is 0.431 e. The third-order valence-electron chi connectivity index (χ3n) is 2.49. The summed E-state index contributed by atoms with van der Waals surface area (Å²) in [6.07, 6.45) is -4.69. The van der Waals surface area contributed by atoms with Crippen LogP contribution in [0.4, 0.5) is 17.6 Å². The standard InChI is InChI=1S/C12H6F4N2O2S/c13-7-2-5(1-6(3-7)10(19)20)8-4-9(12(14,15)16)18-11(21)17-8/h1-4H,(H,19,20)(H,17,18,21). The fraction of sp³-hybridized carbons (Fsp3) is 0.0833. The largest absolute Gasteiger partial charge is 0.478 e. The molecule has 0 bridgehead atoms. The minimum absolute atomic E-state index is 0.113. The molecule has 2 rings (SSSR count). The Morgan fingerprint density at radius 2 is 1.90 bits per heavy atom. The highest BCUT2D eigenvalue weighted by atomic mass is 32.1. The molecule has 0 saturated heterocycles. The van der Waals surface area contributed by atoms with Gasteiger partial charge in [0.25, 0.3) is 0 Å². The molecule has 2 aromatic rings. The summed E-state index contributed by atoms with van der Waals surface area (Å²) in [7, 11) is 0. The van der Waals surface area contributed by atoms with Crippen LogP contribution in [0.5, 0.6) is 0 Å². The molecule has 0 aliphatic rings. The van der Waals surface area contributed by atoms with Crippen LogP contribution >= 0.6 is 12.2 Å². The molecule has 0 unspecified atom stereocenters. The molecule has 2 N–H and O–H groups in total. The number of carboxylic acids is 1. The number of nitrogens with zero attached hydrogens (tertiary/aromatic N) is 1. The number of aromatic amines is 1. The van der Waals surface area contributed by atoms with Gasteiger partial charge in [0.05, 0.1) is 11.3 Å². The summed E-state index contributed by atoms with van der Waals surface area (Å²) in [4.78, 5) is 16.4. The minimum atomic E-state index is -4.69. The summed E-state index contributed by atoms with van der Waals surface area (Å²) in [6.45, 7) is 0. The van der Waals surface area contributed by atoms with Crippen molar-refractivity contribution in [1.82, 2.24) is 9.97 Å². The summed E-state index contributed by atoms with van der Waals surface area (Å²) >= 11 is 4.60. The van der Waals surface area contributed by atoms with Gasteiger partial charge in [-0.1, -0.05) is 0 Å². The lowest BCUT2D eigenvalue weighted by molar-refractivity contribution is -0.141. The molecule has 0 atom stereocenters. The Bertz CT molecular complexity index is 771. The van der Waals surface area contributed by atoms with Gasteiger partial charge in [0.1, 0.15) is 11.5 Å². The van der Waals surface area contributed by atoms with Crippen molar-refractivity contribution >= 4 is 18.2 Å². The summed E-state index contributed by atoms with van der Waals surface area (Å²) in [5.41, 5.74) is -1.94. The van der Waals surface area contributed by atoms with Crippen molar-refractivity contribution in [2.45, 2.75) is 6.18 Å². The molecule has 1 aromatic carbocycles. The van der Waals surface area contributed by atoms with Crippen LogP contribution in [-0.2, 0) is 6.18 Å². The number of nitrogens with one attached hydrogen (secondary N) is 1. The number of hydrogen-bond acceptors (Lipinski definition) is 3. The lowest BCUT2D eigenvalue weighted by atomic mass is 10.1. The molecule has 1 aromatic heterocycles. The topological polar surface area (TPSA) is 66.0 Å². The predicted octanol–water partition coefficient (Wildman–Crippen LogP) is 3.66. The number of aromatic nitrogens is 2. The fourth-order valence-electron chi connectivity index (χ4n) is 1.62. The molecule has 0 fully saturated rings. The maximum absolute atomic E-state index is 13.4. The molecule has 0 amide bonds. The van der Waals surface area contributed by atoms with Crippen LogP contribution in [0.25, 0.3) is 11.3 Å². The first-order valence-corrected chi connectivity index (χ1v) is 5.80. The molecule has 110 valence electrons. The van der Waals surface area contributed by atoms with Crippen LogP contribution in [0.15, 0.2) is 24.3 Å². The molecular formula is C12H6F4N2O2S. The molecular weight excluding hydrogens is 312 g/mol. The van der Waals surface area contributed by atoms with Gasteiger partial charge in [-0.05, 0) is 36.5 Å². The first-order chi connectivity index (χ1) is 9.66. The SMILES string of the molecule is O=C(O)c1cc(F)cc(-c2cc(C(F)(F)F)[nH]c(=S)n2)c1. The number of hydrogen-bond donors (Lipinski definition) is 2. The van der Waals surface area contributed by atoms with Crippen LogP contribution < -0.4 is 0 Å². The van der Waals surface area contributed by atoms with Crippen molar-refractivity contribution in [2.24, 2.45) is 0 Å². The number of alkyl halides is 3. The van der Waals surface area contributed by atoms with Crippen molar-refractivity contribution in [1.29, 1.82) is 0 Å². The fourth-order valence-corrected chi connectivity index (χ4v) is 1.83. The zero-order valence-corrected chi connectivity index (χ0v) is 10.8. The van der Waals surface area contributed by atoms with Gasteiger partial charge in [0.15, 0.2) is 4.77 Å². The van der Waals surface area contributed by atoms with E-state index in [0.717, 1.165) is 18.2 Å². The van der Waals surface area contributed by atoms with Gasteiger partial charge in [0, 0.05) is 5.56 Å². The van der Waals surface area contributed by atoms with Crippen molar-refractivity contribution < 1.29 is 27.5 Å². The smallest absolute Gasteiger partial charge is 0.431 e. The van der Waals surface area contributed by atoms with Gasteiger partial charge in [0.2, 0.25) is 0 Å². The second-order valence-corrected chi connectivity index (χ2v) is 4.40. The van der Waals surface area contributed by atoms with E-state index in [1.165, 1.54) is 0 Å². The highest BCUT2D eigenvalue weighted by molar-refractivity contribution is 7.71. The summed E-state index contributed by atoms with van der Waals surface area (Å²) in [6, 6.07) is 3.28. The van der Waals surface area contributed by atoms with Crippen molar-refractivity contribution in [3.05, 3.63) is 46.1 Å². The number of carbonyl (C=O) groups is 1. The highest BCUT2D eigenvalue weighted by Crippen LogP contribution is 2.30. The first kappa shape index (κ1) is 15.1. The van der Waals surface area contributed by atoms with Gasteiger partial charge in [-0.2, -0.15) is 13.2 Å². The Morgan fingerprint density at radius 3 is 2.48 bits per heavy atom. The van der Waals surface area contributed by atoms with Crippen molar-refractivity contribution in [3.63, 3.8) is 0 Å². The zero-order valence-electron chi connectivity index (χ0n) is 10.0. The van der Waals surface area contributed by atoms with E-state index >= 15 is 0 Å². The first-order valence-electron chi connectivity index (χ1n) is 5.39. The summed E-state index contributed by atoms with van der Waals surface area (Å²) in [5, 5.41) is 8.83. The van der Waals surface area contributed by atoms with Gasteiger partial charge >= 0.3 is 12.1 Å². The van der Waals surface area contributed by atoms with Crippen molar-refractivity contribution in [2.75, 3.05) is 0 Å². The van der Waals surface area contributed by atoms with Crippen LogP contribution in [0.3, 0.4) is 0 Å². The van der Waals surface area contributed by atoms with Gasteiger partial charge in [-0.3, -0.25) is 0 Å². The second kappa shape index (κ2) is 5.24. The third kappa shape index (κ3) is 3.43. The number of H-pyrrole nitrogens is 1. The van der Waals surface area contributed by atoms with Crippen LogP contribution in [0.1, 0.15) is 16.1 Å². The van der Waals surface area contributed by atoms with E-state index in [2.05, 4.69) is 17.2 Å². The molecule has 0 radical (unpaired) electrons. The number of rotatable bonds is 2. The van der Waals surface area contributed by atoms with E-state index < -0.39 is 34.0 Å². The van der Waals surface area contributed by atoms with Crippen molar-refractivity contribution in [3.8, 4) is 11.3 Å². The van der Waals surface area contributed by atoms with Gasteiger partial charge in [-0.25, -0.2) is 14.2 Å². The third-order valence-corrected chi connectivity index (χ3v) is 2.68. The normalized spacial score (nSPS) is 11.4. The number of aromatic carboxylic acids is 1. The van der Waals surface area contributed by atoms with E-state index in [4.69, 9.17) is 5.11 Å². The summed E-state index contributed by atoms with van der Waals surface area (Å²) < 4.78 is 50.9. The molecule has 0 aliphatic carbocycles. The maximum atomic E-state index is 13.4. The number of benzene rings is 1. The van der Waals surface area contributed by atoms with Crippen LogP contribution in [0, 0.1) is 10.6 Å². The Morgan fingerprint density at radius 1 is 1.24 bits per heavy atom. The van der Waals surface area contributed by atoms with E-state index in [0.29, 0.717) is 6.07 Å². The summed E-state index contributed by atoms with van der Waals surface area (Å²) in [5.74, 6) is -2.31. The van der Waals surface area contributed by atoms with E-state index in [-0.39, 0.29) is 11.3 Å². The van der Waals surface area contributed by atoms with E-state index in [9.17, 15) is 22.4 Å². The zero-order chi connectivity index (χ0) is 15.8. The van der Waals surface area contributed by atoms with Gasteiger partial charge in [-0.15, -0.1) is 0 Å². The Kier molecular flexibility index (Phi) is 3.77. The molecule has 4 nitrogen and oxygen atoms in total. The lowest BCUT2D eigenvalue weighted by Gasteiger charge is -2.09. The molecule has 9 heteroatoms. The number of halogens is 4. The van der Waals surface area contributed by atoms with Gasteiger partial charge < -0.3 is 10.1 Å².